The van der Waals surface area contributed by atoms with Gasteiger partial charge >= 0.3 is 0 Å². The lowest BCUT2D eigenvalue weighted by Crippen LogP contribution is -1.86. The van der Waals surface area contributed by atoms with E-state index in [2.05, 4.69) is 4.98 Å². The van der Waals surface area contributed by atoms with Crippen molar-refractivity contribution in [3.05, 3.63) is 47.0 Å². The van der Waals surface area contributed by atoms with E-state index in [4.69, 9.17) is 21.8 Å². The second-order valence-corrected chi connectivity index (χ2v) is 4.64. The zero-order chi connectivity index (χ0) is 12.7. The molecule has 2 aromatic carbocycles. The lowest BCUT2D eigenvalue weighted by Gasteiger charge is -2.00. The molecule has 0 amide bonds. The largest absolute Gasteiger partial charge is 0.436 e. The van der Waals surface area contributed by atoms with Crippen LogP contribution in [0.4, 0.5) is 5.69 Å². The molecule has 0 fully saturated rings. The number of hydrogen-bond donors (Lipinski definition) is 1. The topological polar surface area (TPSA) is 52.0 Å². The molecule has 1 aromatic heterocycles. The van der Waals surface area contributed by atoms with Gasteiger partial charge in [-0.3, -0.25) is 0 Å². The predicted molar refractivity (Wildman–Crippen MR) is 73.6 cm³/mol. The molecule has 4 heteroatoms. The Morgan fingerprint density at radius 2 is 2.00 bits per heavy atom. The predicted octanol–water partition coefficient (Wildman–Crippen LogP) is 4.04. The van der Waals surface area contributed by atoms with E-state index in [-0.39, 0.29) is 0 Å². The summed E-state index contributed by atoms with van der Waals surface area (Å²) in [7, 11) is 0. The van der Waals surface area contributed by atoms with Gasteiger partial charge in [-0.15, -0.1) is 0 Å². The van der Waals surface area contributed by atoms with Crippen molar-refractivity contribution in [2.75, 3.05) is 5.73 Å². The number of nitrogen functional groups attached to an aromatic ring is 1. The number of rotatable bonds is 1. The molecule has 1 heterocycles. The number of oxazole rings is 1. The fraction of sp³-hybridized carbons (Fsp3) is 0.0714. The molecule has 3 nitrogen and oxygen atoms in total. The van der Waals surface area contributed by atoms with Gasteiger partial charge in [-0.2, -0.15) is 0 Å². The van der Waals surface area contributed by atoms with Crippen LogP contribution in [0.1, 0.15) is 5.56 Å². The summed E-state index contributed by atoms with van der Waals surface area (Å²) in [5.74, 6) is 0.493. The standard InChI is InChI=1S/C14H11ClN2O/c1-8-2-5-12-13(6-8)18-14(17-12)10-7-9(16)3-4-11(10)15/h2-7H,16H2,1H3. The number of halogens is 1. The van der Waals surface area contributed by atoms with E-state index in [9.17, 15) is 0 Å². The smallest absolute Gasteiger partial charge is 0.228 e. The second-order valence-electron chi connectivity index (χ2n) is 4.23. The van der Waals surface area contributed by atoms with Gasteiger partial charge in [0.25, 0.3) is 0 Å². The van der Waals surface area contributed by atoms with Crippen molar-refractivity contribution < 1.29 is 4.42 Å². The monoisotopic (exact) mass is 258 g/mol. The minimum atomic E-state index is 0.493. The average molecular weight is 259 g/mol. The van der Waals surface area contributed by atoms with Gasteiger partial charge in [0.2, 0.25) is 5.89 Å². The number of aromatic nitrogens is 1. The van der Waals surface area contributed by atoms with Gasteiger partial charge in [-0.1, -0.05) is 17.7 Å². The SMILES string of the molecule is Cc1ccc2nc(-c3cc(N)ccc3Cl)oc2c1. The number of aryl methyl sites for hydroxylation is 1. The Labute approximate surface area is 109 Å². The van der Waals surface area contributed by atoms with Crippen LogP contribution in [0.15, 0.2) is 40.8 Å². The van der Waals surface area contributed by atoms with E-state index < -0.39 is 0 Å². The Balaban J connectivity index is 2.22. The molecule has 0 unspecified atom stereocenters. The van der Waals surface area contributed by atoms with Crippen LogP contribution in [-0.4, -0.2) is 4.98 Å². The number of anilines is 1. The Morgan fingerprint density at radius 3 is 2.83 bits per heavy atom. The molecule has 0 aliphatic heterocycles. The Bertz CT molecular complexity index is 734. The molecule has 0 saturated heterocycles. The molecule has 3 rings (SSSR count). The zero-order valence-electron chi connectivity index (χ0n) is 9.77. The molecule has 0 atom stereocenters. The van der Waals surface area contributed by atoms with E-state index >= 15 is 0 Å². The van der Waals surface area contributed by atoms with Crippen molar-refractivity contribution in [2.24, 2.45) is 0 Å². The fourth-order valence-electron chi connectivity index (χ4n) is 1.85. The highest BCUT2D eigenvalue weighted by Gasteiger charge is 2.11. The third kappa shape index (κ3) is 1.83. The van der Waals surface area contributed by atoms with Gasteiger partial charge < -0.3 is 10.2 Å². The fourth-order valence-corrected chi connectivity index (χ4v) is 2.05. The molecule has 18 heavy (non-hydrogen) atoms. The van der Waals surface area contributed by atoms with Gasteiger partial charge in [0, 0.05) is 5.69 Å². The van der Waals surface area contributed by atoms with Crippen molar-refractivity contribution >= 4 is 28.4 Å². The first-order chi connectivity index (χ1) is 8.63. The summed E-state index contributed by atoms with van der Waals surface area (Å²) in [5.41, 5.74) is 9.80. The molecule has 3 aromatic rings. The van der Waals surface area contributed by atoms with Gasteiger partial charge in [0.05, 0.1) is 10.6 Å². The molecule has 0 aliphatic carbocycles. The van der Waals surface area contributed by atoms with E-state index in [1.807, 2.05) is 25.1 Å². The van der Waals surface area contributed by atoms with Gasteiger partial charge in [-0.05, 0) is 42.8 Å². The molecular weight excluding hydrogens is 248 g/mol. The maximum absolute atomic E-state index is 6.13. The molecule has 0 bridgehead atoms. The quantitative estimate of drug-likeness (QED) is 0.670. The number of hydrogen-bond acceptors (Lipinski definition) is 3. The number of benzene rings is 2. The summed E-state index contributed by atoms with van der Waals surface area (Å²) in [6.07, 6.45) is 0. The first kappa shape index (κ1) is 11.1. The van der Waals surface area contributed by atoms with Crippen molar-refractivity contribution in [1.82, 2.24) is 4.98 Å². The van der Waals surface area contributed by atoms with Crippen LogP contribution in [0.3, 0.4) is 0 Å². The first-order valence-electron chi connectivity index (χ1n) is 5.56. The molecule has 2 N–H and O–H groups in total. The van der Waals surface area contributed by atoms with Gasteiger partial charge in [0.1, 0.15) is 5.52 Å². The van der Waals surface area contributed by atoms with Crippen LogP contribution in [-0.2, 0) is 0 Å². The molecule has 90 valence electrons. The van der Waals surface area contributed by atoms with Crippen molar-refractivity contribution in [2.45, 2.75) is 6.92 Å². The van der Waals surface area contributed by atoms with Crippen LogP contribution in [0.5, 0.6) is 0 Å². The van der Waals surface area contributed by atoms with Crippen LogP contribution in [0.25, 0.3) is 22.6 Å². The molecule has 0 spiro atoms. The molecular formula is C14H11ClN2O. The van der Waals surface area contributed by atoms with Crippen LogP contribution < -0.4 is 5.73 Å². The van der Waals surface area contributed by atoms with Crippen molar-refractivity contribution in [3.8, 4) is 11.5 Å². The number of fused-ring (bicyclic) bond motifs is 1. The summed E-state index contributed by atoms with van der Waals surface area (Å²) in [6, 6.07) is 11.1. The minimum absolute atomic E-state index is 0.493. The first-order valence-corrected chi connectivity index (χ1v) is 5.94. The molecule has 0 radical (unpaired) electrons. The van der Waals surface area contributed by atoms with Crippen molar-refractivity contribution in [1.29, 1.82) is 0 Å². The maximum Gasteiger partial charge on any atom is 0.228 e. The van der Waals surface area contributed by atoms with Gasteiger partial charge in [0.15, 0.2) is 5.58 Å². The normalized spacial score (nSPS) is 11.0. The molecule has 0 saturated carbocycles. The second kappa shape index (κ2) is 4.03. The lowest BCUT2D eigenvalue weighted by molar-refractivity contribution is 0.619. The Hall–Kier alpha value is -2.00. The highest BCUT2D eigenvalue weighted by molar-refractivity contribution is 6.33. The van der Waals surface area contributed by atoms with E-state index in [1.165, 1.54) is 0 Å². The van der Waals surface area contributed by atoms with Crippen LogP contribution in [0.2, 0.25) is 5.02 Å². The summed E-state index contributed by atoms with van der Waals surface area (Å²) >= 11 is 6.13. The maximum atomic E-state index is 6.13. The highest BCUT2D eigenvalue weighted by atomic mass is 35.5. The summed E-state index contributed by atoms with van der Waals surface area (Å²) in [4.78, 5) is 4.42. The van der Waals surface area contributed by atoms with E-state index in [0.717, 1.165) is 16.7 Å². The van der Waals surface area contributed by atoms with E-state index in [1.54, 1.807) is 18.2 Å². The molecule has 0 aliphatic rings. The third-order valence-electron chi connectivity index (χ3n) is 2.76. The van der Waals surface area contributed by atoms with Crippen LogP contribution >= 0.6 is 11.6 Å². The number of nitrogens with two attached hydrogens (primary N) is 1. The third-order valence-corrected chi connectivity index (χ3v) is 3.09. The zero-order valence-corrected chi connectivity index (χ0v) is 10.5. The Kier molecular flexibility index (Phi) is 2.49. The number of nitrogens with zero attached hydrogens (tertiary/aromatic N) is 1. The van der Waals surface area contributed by atoms with Crippen LogP contribution in [0, 0.1) is 6.92 Å². The minimum Gasteiger partial charge on any atom is -0.436 e. The average Bonchev–Trinajstić information content (AvgIpc) is 2.74. The lowest BCUT2D eigenvalue weighted by atomic mass is 10.2. The highest BCUT2D eigenvalue weighted by Crippen LogP contribution is 2.31. The Morgan fingerprint density at radius 1 is 1.17 bits per heavy atom. The van der Waals surface area contributed by atoms with E-state index in [0.29, 0.717) is 22.2 Å². The summed E-state index contributed by atoms with van der Waals surface area (Å²) in [6.45, 7) is 2.01. The van der Waals surface area contributed by atoms with Gasteiger partial charge in [-0.25, -0.2) is 4.98 Å². The van der Waals surface area contributed by atoms with Crippen molar-refractivity contribution in [3.63, 3.8) is 0 Å². The summed E-state index contributed by atoms with van der Waals surface area (Å²) < 4.78 is 5.72. The summed E-state index contributed by atoms with van der Waals surface area (Å²) in [5, 5.41) is 0.576.